The molecule has 0 saturated heterocycles. The van der Waals surface area contributed by atoms with Gasteiger partial charge in [0.1, 0.15) is 5.75 Å². The minimum atomic E-state index is -0.474. The minimum Gasteiger partial charge on any atom is -0.508 e. The molecule has 2 aromatic carbocycles. The fourth-order valence-corrected chi connectivity index (χ4v) is 2.97. The summed E-state index contributed by atoms with van der Waals surface area (Å²) in [4.78, 5) is 0. The van der Waals surface area contributed by atoms with Crippen LogP contribution in [0.2, 0.25) is 0 Å². The highest BCUT2D eigenvalue weighted by Crippen LogP contribution is 2.37. The van der Waals surface area contributed by atoms with Gasteiger partial charge in [0.05, 0.1) is 6.61 Å². The highest BCUT2D eigenvalue weighted by molar-refractivity contribution is 5.50. The van der Waals surface area contributed by atoms with E-state index in [0.717, 1.165) is 22.3 Å². The van der Waals surface area contributed by atoms with E-state index in [2.05, 4.69) is 45.0 Å². The highest BCUT2D eigenvalue weighted by Gasteiger charge is 2.30. The van der Waals surface area contributed by atoms with E-state index < -0.39 is 5.41 Å². The molecule has 0 fully saturated rings. The Balaban J connectivity index is 2.55. The van der Waals surface area contributed by atoms with Crippen molar-refractivity contribution in [2.75, 3.05) is 6.61 Å². The zero-order valence-electron chi connectivity index (χ0n) is 14.1. The van der Waals surface area contributed by atoms with Gasteiger partial charge < -0.3 is 10.2 Å². The second-order valence-corrected chi connectivity index (χ2v) is 6.65. The van der Waals surface area contributed by atoms with Crippen LogP contribution in [0.3, 0.4) is 0 Å². The van der Waals surface area contributed by atoms with E-state index in [1.54, 1.807) is 6.07 Å². The van der Waals surface area contributed by atoms with Gasteiger partial charge >= 0.3 is 0 Å². The van der Waals surface area contributed by atoms with Crippen LogP contribution < -0.4 is 0 Å². The summed E-state index contributed by atoms with van der Waals surface area (Å²) >= 11 is 0. The standard InChI is InChI=1S/C20H26O2/c1-13(2)16-6-8-17(9-7-16)20(5,12-21)18-10-11-19(22)15(4)14(18)3/h6-11,13,21-22H,12H2,1-5H3. The van der Waals surface area contributed by atoms with Crippen LogP contribution in [0.4, 0.5) is 0 Å². The molecular formula is C20H26O2. The summed E-state index contributed by atoms with van der Waals surface area (Å²) in [5.41, 5.74) is 4.87. The van der Waals surface area contributed by atoms with Gasteiger partial charge in [0.2, 0.25) is 0 Å². The summed E-state index contributed by atoms with van der Waals surface area (Å²) in [7, 11) is 0. The van der Waals surface area contributed by atoms with Gasteiger partial charge in [0.25, 0.3) is 0 Å². The number of phenols is 1. The van der Waals surface area contributed by atoms with Crippen LogP contribution in [0, 0.1) is 13.8 Å². The first-order valence-electron chi connectivity index (χ1n) is 7.82. The van der Waals surface area contributed by atoms with Crippen molar-refractivity contribution in [2.45, 2.75) is 46.0 Å². The maximum absolute atomic E-state index is 10.1. The average molecular weight is 298 g/mol. The fourth-order valence-electron chi connectivity index (χ4n) is 2.97. The first kappa shape index (κ1) is 16.6. The number of benzene rings is 2. The molecule has 0 radical (unpaired) electrons. The Bertz CT molecular complexity index is 656. The molecular weight excluding hydrogens is 272 g/mol. The first-order valence-corrected chi connectivity index (χ1v) is 7.82. The molecule has 0 aliphatic heterocycles. The summed E-state index contributed by atoms with van der Waals surface area (Å²) in [6.07, 6.45) is 0. The van der Waals surface area contributed by atoms with Gasteiger partial charge in [-0.05, 0) is 60.6 Å². The number of aliphatic hydroxyl groups excluding tert-OH is 1. The largest absolute Gasteiger partial charge is 0.508 e. The number of hydrogen-bond acceptors (Lipinski definition) is 2. The SMILES string of the molecule is Cc1c(O)ccc(C(C)(CO)c2ccc(C(C)C)cc2)c1C. The fraction of sp³-hybridized carbons (Fsp3) is 0.400. The molecule has 0 amide bonds. The van der Waals surface area contributed by atoms with Crippen molar-refractivity contribution in [3.8, 4) is 5.75 Å². The Kier molecular flexibility index (Phi) is 4.62. The lowest BCUT2D eigenvalue weighted by atomic mass is 9.74. The zero-order valence-corrected chi connectivity index (χ0v) is 14.1. The van der Waals surface area contributed by atoms with Crippen LogP contribution in [0.25, 0.3) is 0 Å². The van der Waals surface area contributed by atoms with Gasteiger partial charge in [-0.3, -0.25) is 0 Å². The van der Waals surface area contributed by atoms with Crippen molar-refractivity contribution in [2.24, 2.45) is 0 Å². The number of aliphatic hydroxyl groups is 1. The van der Waals surface area contributed by atoms with Gasteiger partial charge in [-0.2, -0.15) is 0 Å². The van der Waals surface area contributed by atoms with Gasteiger partial charge in [0.15, 0.2) is 0 Å². The Hall–Kier alpha value is -1.80. The van der Waals surface area contributed by atoms with Gasteiger partial charge in [-0.1, -0.05) is 44.2 Å². The Labute approximate surface area is 133 Å². The molecule has 0 heterocycles. The van der Waals surface area contributed by atoms with Gasteiger partial charge in [-0.15, -0.1) is 0 Å². The Morgan fingerprint density at radius 2 is 1.55 bits per heavy atom. The van der Waals surface area contributed by atoms with Crippen LogP contribution in [0.15, 0.2) is 36.4 Å². The van der Waals surface area contributed by atoms with Crippen molar-refractivity contribution in [1.29, 1.82) is 0 Å². The number of aromatic hydroxyl groups is 1. The molecule has 2 aromatic rings. The number of hydrogen-bond donors (Lipinski definition) is 2. The monoisotopic (exact) mass is 298 g/mol. The van der Waals surface area contributed by atoms with Crippen LogP contribution >= 0.6 is 0 Å². The lowest BCUT2D eigenvalue weighted by Crippen LogP contribution is -2.29. The molecule has 0 aliphatic rings. The summed E-state index contributed by atoms with van der Waals surface area (Å²) in [5, 5.41) is 20.0. The molecule has 1 unspecified atom stereocenters. The Morgan fingerprint density at radius 3 is 2.05 bits per heavy atom. The summed E-state index contributed by atoms with van der Waals surface area (Å²) in [5.74, 6) is 0.795. The maximum atomic E-state index is 10.1. The van der Waals surface area contributed by atoms with Crippen molar-refractivity contribution in [3.05, 3.63) is 64.2 Å². The van der Waals surface area contributed by atoms with Crippen molar-refractivity contribution in [3.63, 3.8) is 0 Å². The molecule has 2 heteroatoms. The Morgan fingerprint density at radius 1 is 0.955 bits per heavy atom. The van der Waals surface area contributed by atoms with E-state index in [9.17, 15) is 10.2 Å². The minimum absolute atomic E-state index is 0.0269. The van der Waals surface area contributed by atoms with E-state index in [-0.39, 0.29) is 6.61 Å². The maximum Gasteiger partial charge on any atom is 0.118 e. The summed E-state index contributed by atoms with van der Waals surface area (Å²) in [6.45, 7) is 10.3. The average Bonchev–Trinajstić information content (AvgIpc) is 2.52. The van der Waals surface area contributed by atoms with E-state index >= 15 is 0 Å². The molecule has 2 rings (SSSR count). The van der Waals surface area contributed by atoms with Crippen LogP contribution in [0.5, 0.6) is 5.75 Å². The third-order valence-electron chi connectivity index (χ3n) is 4.88. The van der Waals surface area contributed by atoms with E-state index in [4.69, 9.17) is 0 Å². The van der Waals surface area contributed by atoms with E-state index in [1.165, 1.54) is 5.56 Å². The quantitative estimate of drug-likeness (QED) is 0.876. The van der Waals surface area contributed by atoms with Crippen LogP contribution in [-0.4, -0.2) is 16.8 Å². The molecule has 0 aromatic heterocycles. The van der Waals surface area contributed by atoms with Crippen molar-refractivity contribution in [1.82, 2.24) is 0 Å². The predicted molar refractivity (Wildman–Crippen MR) is 91.7 cm³/mol. The lowest BCUT2D eigenvalue weighted by Gasteiger charge is -2.31. The molecule has 2 N–H and O–H groups in total. The van der Waals surface area contributed by atoms with Gasteiger partial charge in [0, 0.05) is 5.41 Å². The predicted octanol–water partition coefficient (Wildman–Crippen LogP) is 4.43. The first-order chi connectivity index (χ1) is 10.3. The van der Waals surface area contributed by atoms with E-state index in [1.807, 2.05) is 19.9 Å². The summed E-state index contributed by atoms with van der Waals surface area (Å²) in [6, 6.07) is 12.1. The second-order valence-electron chi connectivity index (χ2n) is 6.65. The van der Waals surface area contributed by atoms with Crippen molar-refractivity contribution < 1.29 is 10.2 Å². The third-order valence-corrected chi connectivity index (χ3v) is 4.88. The number of rotatable bonds is 4. The highest BCUT2D eigenvalue weighted by atomic mass is 16.3. The molecule has 2 nitrogen and oxygen atoms in total. The molecule has 0 aliphatic carbocycles. The topological polar surface area (TPSA) is 40.5 Å². The molecule has 0 saturated carbocycles. The lowest BCUT2D eigenvalue weighted by molar-refractivity contribution is 0.230. The third kappa shape index (κ3) is 2.76. The van der Waals surface area contributed by atoms with Crippen LogP contribution in [-0.2, 0) is 5.41 Å². The normalized spacial score (nSPS) is 14.1. The molecule has 22 heavy (non-hydrogen) atoms. The zero-order chi connectivity index (χ0) is 16.5. The van der Waals surface area contributed by atoms with Gasteiger partial charge in [-0.25, -0.2) is 0 Å². The second kappa shape index (κ2) is 6.13. The number of phenolic OH excluding ortho intramolecular Hbond substituents is 1. The molecule has 118 valence electrons. The smallest absolute Gasteiger partial charge is 0.118 e. The van der Waals surface area contributed by atoms with Crippen LogP contribution in [0.1, 0.15) is 54.5 Å². The molecule has 1 atom stereocenters. The van der Waals surface area contributed by atoms with E-state index in [0.29, 0.717) is 11.7 Å². The molecule has 0 spiro atoms. The summed E-state index contributed by atoms with van der Waals surface area (Å²) < 4.78 is 0. The van der Waals surface area contributed by atoms with Crippen molar-refractivity contribution >= 4 is 0 Å². The molecule has 0 bridgehead atoms.